The molecule has 5 nitrogen and oxygen atoms in total. The van der Waals surface area contributed by atoms with Crippen LogP contribution in [0.3, 0.4) is 0 Å². The first-order chi connectivity index (χ1) is 9.63. The minimum absolute atomic E-state index is 0.315. The van der Waals surface area contributed by atoms with Gasteiger partial charge in [0.1, 0.15) is 17.3 Å². The predicted molar refractivity (Wildman–Crippen MR) is 76.2 cm³/mol. The summed E-state index contributed by atoms with van der Waals surface area (Å²) in [6, 6.07) is 3.06. The molecular weight excluding hydrogens is 299 g/mol. The highest BCUT2D eigenvalue weighted by Crippen LogP contribution is 2.37. The largest absolute Gasteiger partial charge is 0.305 e. The molecule has 2 heterocycles. The third-order valence-corrected chi connectivity index (χ3v) is 3.61. The molecular formula is C13H10Cl2N4O. The summed E-state index contributed by atoms with van der Waals surface area (Å²) in [6.45, 7) is 0. The molecule has 0 bridgehead atoms. The molecule has 20 heavy (non-hydrogen) atoms. The van der Waals surface area contributed by atoms with E-state index in [2.05, 4.69) is 20.3 Å². The second kappa shape index (κ2) is 5.34. The van der Waals surface area contributed by atoms with Crippen molar-refractivity contribution in [2.45, 2.75) is 18.8 Å². The zero-order valence-electron chi connectivity index (χ0n) is 10.3. The topological polar surface area (TPSA) is 67.8 Å². The van der Waals surface area contributed by atoms with Crippen molar-refractivity contribution < 1.29 is 4.79 Å². The molecule has 2 aromatic rings. The van der Waals surface area contributed by atoms with Gasteiger partial charge in [-0.2, -0.15) is 0 Å². The number of hydrogen-bond acceptors (Lipinski definition) is 4. The van der Waals surface area contributed by atoms with E-state index in [-0.39, 0.29) is 5.91 Å². The predicted octanol–water partition coefficient (Wildman–Crippen LogP) is 3.31. The number of pyridine rings is 1. The Bertz CT molecular complexity index is 673. The Morgan fingerprint density at radius 2 is 2.05 bits per heavy atom. The molecule has 1 aliphatic rings. The van der Waals surface area contributed by atoms with Gasteiger partial charge in [0, 0.05) is 24.4 Å². The highest BCUT2D eigenvalue weighted by Gasteiger charge is 2.27. The summed E-state index contributed by atoms with van der Waals surface area (Å²) >= 11 is 11.6. The number of carbonyl (C=O) groups is 1. The van der Waals surface area contributed by atoms with Crippen molar-refractivity contribution in [2.75, 3.05) is 5.32 Å². The molecule has 0 radical (unpaired) electrons. The van der Waals surface area contributed by atoms with E-state index >= 15 is 0 Å². The fourth-order valence-corrected chi connectivity index (χ4v) is 1.96. The van der Waals surface area contributed by atoms with Crippen LogP contribution in [0.5, 0.6) is 0 Å². The number of anilines is 1. The SMILES string of the molecule is O=C(Nc1cc(Cl)c(Cl)cn1)c1ccnc(C2CC2)n1. The fourth-order valence-electron chi connectivity index (χ4n) is 1.70. The van der Waals surface area contributed by atoms with Gasteiger partial charge < -0.3 is 5.32 Å². The van der Waals surface area contributed by atoms with Gasteiger partial charge in [0.05, 0.1) is 10.0 Å². The molecule has 0 saturated heterocycles. The monoisotopic (exact) mass is 308 g/mol. The van der Waals surface area contributed by atoms with E-state index in [0.717, 1.165) is 18.7 Å². The van der Waals surface area contributed by atoms with Gasteiger partial charge in [0.15, 0.2) is 0 Å². The molecule has 0 aliphatic heterocycles. The van der Waals surface area contributed by atoms with E-state index in [4.69, 9.17) is 23.2 Å². The number of rotatable bonds is 3. The van der Waals surface area contributed by atoms with Crippen LogP contribution in [0.1, 0.15) is 35.1 Å². The van der Waals surface area contributed by atoms with Crippen LogP contribution in [0.2, 0.25) is 10.0 Å². The van der Waals surface area contributed by atoms with E-state index in [1.165, 1.54) is 12.3 Å². The molecule has 0 aromatic carbocycles. The van der Waals surface area contributed by atoms with Gasteiger partial charge in [-0.3, -0.25) is 4.79 Å². The average molecular weight is 309 g/mol. The number of carbonyl (C=O) groups excluding carboxylic acids is 1. The minimum Gasteiger partial charge on any atom is -0.305 e. The fraction of sp³-hybridized carbons (Fsp3) is 0.231. The maximum Gasteiger partial charge on any atom is 0.275 e. The second-order valence-corrected chi connectivity index (χ2v) is 5.33. The van der Waals surface area contributed by atoms with Gasteiger partial charge in [-0.25, -0.2) is 15.0 Å². The van der Waals surface area contributed by atoms with Crippen LogP contribution in [0.15, 0.2) is 24.5 Å². The van der Waals surface area contributed by atoms with E-state index < -0.39 is 0 Å². The Labute approximate surface area is 125 Å². The van der Waals surface area contributed by atoms with Crippen LogP contribution >= 0.6 is 23.2 Å². The molecule has 1 saturated carbocycles. The van der Waals surface area contributed by atoms with Crippen molar-refractivity contribution in [1.29, 1.82) is 0 Å². The zero-order chi connectivity index (χ0) is 14.1. The quantitative estimate of drug-likeness (QED) is 0.944. The lowest BCUT2D eigenvalue weighted by Gasteiger charge is -2.05. The molecule has 0 unspecified atom stereocenters. The summed E-state index contributed by atoms with van der Waals surface area (Å²) in [7, 11) is 0. The van der Waals surface area contributed by atoms with Crippen LogP contribution in [-0.2, 0) is 0 Å². The highest BCUT2D eigenvalue weighted by molar-refractivity contribution is 6.42. The van der Waals surface area contributed by atoms with Crippen molar-refractivity contribution in [2.24, 2.45) is 0 Å². The molecule has 1 N–H and O–H groups in total. The van der Waals surface area contributed by atoms with Crippen LogP contribution in [0, 0.1) is 0 Å². The van der Waals surface area contributed by atoms with Gasteiger partial charge in [-0.05, 0) is 18.9 Å². The Morgan fingerprint density at radius 3 is 2.75 bits per heavy atom. The number of halogens is 2. The molecule has 1 aliphatic carbocycles. The molecule has 2 aromatic heterocycles. The molecule has 1 fully saturated rings. The maximum atomic E-state index is 12.1. The number of nitrogens with one attached hydrogen (secondary N) is 1. The molecule has 3 rings (SSSR count). The van der Waals surface area contributed by atoms with Crippen molar-refractivity contribution in [3.8, 4) is 0 Å². The standard InChI is InChI=1S/C13H10Cl2N4O/c14-8-5-11(17-6-9(8)15)19-13(20)10-3-4-16-12(18-10)7-1-2-7/h3-7H,1-2H2,(H,17,19,20). The molecule has 7 heteroatoms. The maximum absolute atomic E-state index is 12.1. The number of aromatic nitrogens is 3. The summed E-state index contributed by atoms with van der Waals surface area (Å²) in [4.78, 5) is 24.5. The Kier molecular flexibility index (Phi) is 3.54. The van der Waals surface area contributed by atoms with Crippen LogP contribution < -0.4 is 5.32 Å². The summed E-state index contributed by atoms with van der Waals surface area (Å²) in [5.74, 6) is 1.10. The molecule has 0 spiro atoms. The Morgan fingerprint density at radius 1 is 1.25 bits per heavy atom. The zero-order valence-corrected chi connectivity index (χ0v) is 11.8. The first kappa shape index (κ1) is 13.3. The summed E-state index contributed by atoms with van der Waals surface area (Å²) in [5, 5.41) is 3.30. The lowest BCUT2D eigenvalue weighted by atomic mass is 10.3. The third-order valence-electron chi connectivity index (χ3n) is 2.90. The number of hydrogen-bond donors (Lipinski definition) is 1. The highest BCUT2D eigenvalue weighted by atomic mass is 35.5. The van der Waals surface area contributed by atoms with Crippen molar-refractivity contribution >= 4 is 34.9 Å². The lowest BCUT2D eigenvalue weighted by Crippen LogP contribution is -2.15. The molecule has 1 amide bonds. The molecule has 0 atom stereocenters. The van der Waals surface area contributed by atoms with Crippen molar-refractivity contribution in [3.63, 3.8) is 0 Å². The number of amides is 1. The van der Waals surface area contributed by atoms with Crippen LogP contribution in [0.4, 0.5) is 5.82 Å². The van der Waals surface area contributed by atoms with Crippen LogP contribution in [-0.4, -0.2) is 20.9 Å². The van der Waals surface area contributed by atoms with Gasteiger partial charge >= 0.3 is 0 Å². The molecule has 102 valence electrons. The van der Waals surface area contributed by atoms with Crippen LogP contribution in [0.25, 0.3) is 0 Å². The first-order valence-corrected chi connectivity index (χ1v) is 6.84. The van der Waals surface area contributed by atoms with E-state index in [9.17, 15) is 4.79 Å². The summed E-state index contributed by atoms with van der Waals surface area (Å²) in [6.07, 6.45) is 5.14. The third kappa shape index (κ3) is 2.89. The number of nitrogens with zero attached hydrogens (tertiary/aromatic N) is 3. The summed E-state index contributed by atoms with van der Waals surface area (Å²) in [5.41, 5.74) is 0.315. The van der Waals surface area contributed by atoms with E-state index in [0.29, 0.717) is 27.5 Å². The summed E-state index contributed by atoms with van der Waals surface area (Å²) < 4.78 is 0. The van der Waals surface area contributed by atoms with E-state index in [1.807, 2.05) is 0 Å². The van der Waals surface area contributed by atoms with Gasteiger partial charge in [0.2, 0.25) is 0 Å². The van der Waals surface area contributed by atoms with Gasteiger partial charge in [0.25, 0.3) is 5.91 Å². The van der Waals surface area contributed by atoms with Crippen molar-refractivity contribution in [3.05, 3.63) is 46.1 Å². The first-order valence-electron chi connectivity index (χ1n) is 6.09. The Balaban J connectivity index is 1.78. The minimum atomic E-state index is -0.347. The van der Waals surface area contributed by atoms with Gasteiger partial charge in [-0.15, -0.1) is 0 Å². The van der Waals surface area contributed by atoms with E-state index in [1.54, 1.807) is 12.3 Å². The Hall–Kier alpha value is -1.72. The second-order valence-electron chi connectivity index (χ2n) is 4.51. The van der Waals surface area contributed by atoms with Gasteiger partial charge in [-0.1, -0.05) is 23.2 Å². The normalized spacial score (nSPS) is 14.1. The average Bonchev–Trinajstić information content (AvgIpc) is 3.28. The van der Waals surface area contributed by atoms with Crippen molar-refractivity contribution in [1.82, 2.24) is 15.0 Å². The smallest absolute Gasteiger partial charge is 0.275 e. The lowest BCUT2D eigenvalue weighted by molar-refractivity contribution is 0.102.